The van der Waals surface area contributed by atoms with E-state index in [4.69, 9.17) is 9.16 Å². The average Bonchev–Trinajstić information content (AvgIpc) is 2.25. The summed E-state index contributed by atoms with van der Waals surface area (Å²) in [5.41, 5.74) is 1.41. The van der Waals surface area contributed by atoms with Crippen molar-refractivity contribution in [1.82, 2.24) is 0 Å². The van der Waals surface area contributed by atoms with E-state index in [2.05, 4.69) is 39.9 Å². The van der Waals surface area contributed by atoms with E-state index in [1.807, 2.05) is 6.07 Å². The second-order valence-electron chi connectivity index (χ2n) is 5.39. The van der Waals surface area contributed by atoms with E-state index in [0.29, 0.717) is 11.3 Å². The molecule has 0 amide bonds. The highest BCUT2D eigenvalue weighted by molar-refractivity contribution is 6.49. The molecule has 0 saturated heterocycles. The van der Waals surface area contributed by atoms with E-state index in [-0.39, 0.29) is 5.41 Å². The van der Waals surface area contributed by atoms with E-state index in [1.165, 1.54) is 0 Å². The van der Waals surface area contributed by atoms with Crippen molar-refractivity contribution in [1.29, 1.82) is 5.26 Å². The molecule has 0 N–H and O–H groups in total. The first kappa shape index (κ1) is 14.6. The molecule has 1 radical (unpaired) electrons. The molecule has 3 nitrogen and oxygen atoms in total. The Balaban J connectivity index is 3.55. The average molecular weight is 262 g/mol. The summed E-state index contributed by atoms with van der Waals surface area (Å²) in [6, 6.07) is 5.80. The zero-order valence-corrected chi connectivity index (χ0v) is 12.9. The molecule has 0 bridgehead atoms. The summed E-state index contributed by atoms with van der Waals surface area (Å²) < 4.78 is 11.4. The minimum atomic E-state index is -0.932. The molecule has 1 rings (SSSR count). The van der Waals surface area contributed by atoms with Crippen molar-refractivity contribution >= 4 is 9.04 Å². The summed E-state index contributed by atoms with van der Waals surface area (Å²) in [4.78, 5) is 0. The lowest BCUT2D eigenvalue weighted by Crippen LogP contribution is -2.20. The van der Waals surface area contributed by atoms with Gasteiger partial charge in [0.05, 0.1) is 12.7 Å². The van der Waals surface area contributed by atoms with Crippen LogP contribution in [-0.2, 0) is 5.41 Å². The van der Waals surface area contributed by atoms with E-state index >= 15 is 0 Å². The van der Waals surface area contributed by atoms with Crippen molar-refractivity contribution in [2.24, 2.45) is 0 Å². The first-order valence-corrected chi connectivity index (χ1v) is 8.31. The Kier molecular flexibility index (Phi) is 4.41. The molecule has 1 aromatic rings. The third kappa shape index (κ3) is 3.05. The predicted molar refractivity (Wildman–Crippen MR) is 74.5 cm³/mol. The summed E-state index contributed by atoms with van der Waals surface area (Å²) in [5.74, 6) is 1.46. The van der Waals surface area contributed by atoms with Gasteiger partial charge < -0.3 is 9.16 Å². The van der Waals surface area contributed by atoms with Crippen LogP contribution in [0.25, 0.3) is 0 Å². The third-order valence-corrected chi connectivity index (χ3v) is 3.13. The van der Waals surface area contributed by atoms with Crippen LogP contribution in [0, 0.1) is 11.3 Å². The number of methoxy groups -OCH3 is 1. The number of rotatable bonds is 3. The van der Waals surface area contributed by atoms with Gasteiger partial charge in [-0.25, -0.2) is 0 Å². The fraction of sp³-hybridized carbons (Fsp3) is 0.500. The second-order valence-corrected chi connectivity index (χ2v) is 7.41. The molecule has 0 aliphatic carbocycles. The Morgan fingerprint density at radius 2 is 1.83 bits per heavy atom. The van der Waals surface area contributed by atoms with Crippen LogP contribution in [0.1, 0.15) is 31.9 Å². The van der Waals surface area contributed by atoms with Crippen LogP contribution in [0.4, 0.5) is 0 Å². The number of benzene rings is 1. The number of ether oxygens (including phenoxy) is 1. The fourth-order valence-electron chi connectivity index (χ4n) is 1.84. The first-order valence-electron chi connectivity index (χ1n) is 5.90. The van der Waals surface area contributed by atoms with Crippen LogP contribution < -0.4 is 9.16 Å². The number of hydrogen-bond donors (Lipinski definition) is 0. The lowest BCUT2D eigenvalue weighted by Gasteiger charge is -2.26. The first-order chi connectivity index (χ1) is 8.31. The molecule has 0 atom stereocenters. The molecule has 18 heavy (non-hydrogen) atoms. The maximum atomic E-state index is 9.23. The zero-order valence-electron chi connectivity index (χ0n) is 11.9. The van der Waals surface area contributed by atoms with Gasteiger partial charge in [-0.15, -0.1) is 0 Å². The number of nitrogens with zero attached hydrogens (tertiary/aromatic N) is 1. The third-order valence-electron chi connectivity index (χ3n) is 2.52. The molecule has 0 aliphatic heterocycles. The lowest BCUT2D eigenvalue weighted by molar-refractivity contribution is 0.391. The van der Waals surface area contributed by atoms with Gasteiger partial charge in [0.1, 0.15) is 17.6 Å². The molecular formula is C14H20NO2Si. The summed E-state index contributed by atoms with van der Waals surface area (Å²) in [6.07, 6.45) is 0. The molecule has 0 heterocycles. The second kappa shape index (κ2) is 5.45. The topological polar surface area (TPSA) is 42.2 Å². The smallest absolute Gasteiger partial charge is 0.274 e. The van der Waals surface area contributed by atoms with Crippen molar-refractivity contribution in [2.75, 3.05) is 7.11 Å². The van der Waals surface area contributed by atoms with E-state index in [0.717, 1.165) is 11.3 Å². The van der Waals surface area contributed by atoms with Gasteiger partial charge >= 0.3 is 0 Å². The van der Waals surface area contributed by atoms with Gasteiger partial charge in [0, 0.05) is 5.56 Å². The van der Waals surface area contributed by atoms with Gasteiger partial charge in [0.25, 0.3) is 9.04 Å². The Bertz CT molecular complexity index is 470. The SMILES string of the molecule is COc1ccc(C#N)c(O[Si](C)C)c1C(C)(C)C. The van der Waals surface area contributed by atoms with Crippen molar-refractivity contribution < 1.29 is 9.16 Å². The van der Waals surface area contributed by atoms with Gasteiger partial charge in [0.2, 0.25) is 0 Å². The fourth-order valence-corrected chi connectivity index (χ4v) is 2.46. The van der Waals surface area contributed by atoms with Gasteiger partial charge in [-0.3, -0.25) is 0 Å². The predicted octanol–water partition coefficient (Wildman–Crippen LogP) is 3.49. The normalized spacial score (nSPS) is 11.2. The standard InChI is InChI=1S/C14H20NO2Si/c1-14(2,3)12-11(16-4)8-7-10(9-15)13(12)17-18(5)6/h7-8H,1-6H3. The summed E-state index contributed by atoms with van der Waals surface area (Å²) in [7, 11) is 0.711. The molecule has 0 fully saturated rings. The Labute approximate surface area is 111 Å². The van der Waals surface area contributed by atoms with Gasteiger partial charge in [0.15, 0.2) is 0 Å². The van der Waals surface area contributed by atoms with Crippen LogP contribution >= 0.6 is 0 Å². The Hall–Kier alpha value is -1.47. The van der Waals surface area contributed by atoms with Crippen molar-refractivity contribution in [2.45, 2.75) is 39.3 Å². The largest absolute Gasteiger partial charge is 0.541 e. The molecule has 1 aromatic carbocycles. The van der Waals surface area contributed by atoms with Crippen LogP contribution in [0.5, 0.6) is 11.5 Å². The van der Waals surface area contributed by atoms with Crippen LogP contribution in [0.15, 0.2) is 12.1 Å². The zero-order chi connectivity index (χ0) is 13.9. The maximum Gasteiger partial charge on any atom is 0.274 e. The highest BCUT2D eigenvalue weighted by Gasteiger charge is 2.26. The van der Waals surface area contributed by atoms with Gasteiger partial charge in [-0.2, -0.15) is 5.26 Å². The molecule has 97 valence electrons. The van der Waals surface area contributed by atoms with Crippen molar-refractivity contribution in [3.05, 3.63) is 23.3 Å². The van der Waals surface area contributed by atoms with Gasteiger partial charge in [-0.1, -0.05) is 20.8 Å². The highest BCUT2D eigenvalue weighted by Crippen LogP contribution is 2.41. The summed E-state index contributed by atoms with van der Waals surface area (Å²) in [6.45, 7) is 10.4. The molecule has 4 heteroatoms. The molecule has 0 unspecified atom stereocenters. The summed E-state index contributed by atoms with van der Waals surface area (Å²) >= 11 is 0. The Morgan fingerprint density at radius 3 is 2.22 bits per heavy atom. The molecule has 0 saturated carbocycles. The number of nitriles is 1. The highest BCUT2D eigenvalue weighted by atomic mass is 28.3. The summed E-state index contributed by atoms with van der Waals surface area (Å²) in [5, 5.41) is 9.23. The minimum absolute atomic E-state index is 0.134. The van der Waals surface area contributed by atoms with Crippen LogP contribution in [0.2, 0.25) is 13.1 Å². The number of hydrogen-bond acceptors (Lipinski definition) is 3. The molecule has 0 aromatic heterocycles. The van der Waals surface area contributed by atoms with Crippen molar-refractivity contribution in [3.63, 3.8) is 0 Å². The van der Waals surface area contributed by atoms with E-state index < -0.39 is 9.04 Å². The maximum absolute atomic E-state index is 9.23. The molecule has 0 aliphatic rings. The molecule has 0 spiro atoms. The van der Waals surface area contributed by atoms with Gasteiger partial charge in [-0.05, 0) is 30.6 Å². The minimum Gasteiger partial charge on any atom is -0.541 e. The van der Waals surface area contributed by atoms with Crippen LogP contribution in [-0.4, -0.2) is 16.2 Å². The van der Waals surface area contributed by atoms with E-state index in [9.17, 15) is 5.26 Å². The van der Waals surface area contributed by atoms with Crippen molar-refractivity contribution in [3.8, 4) is 17.6 Å². The van der Waals surface area contributed by atoms with Crippen LogP contribution in [0.3, 0.4) is 0 Å². The Morgan fingerprint density at radius 1 is 1.22 bits per heavy atom. The lowest BCUT2D eigenvalue weighted by atomic mass is 9.84. The monoisotopic (exact) mass is 262 g/mol. The molecular weight excluding hydrogens is 242 g/mol. The quantitative estimate of drug-likeness (QED) is 0.783. The van der Waals surface area contributed by atoms with E-state index in [1.54, 1.807) is 13.2 Å².